The molecule has 0 bridgehead atoms. The van der Waals surface area contributed by atoms with Crippen molar-refractivity contribution in [3.8, 4) is 16.9 Å². The smallest absolute Gasteiger partial charge is 0.664 e. The van der Waals surface area contributed by atoms with Gasteiger partial charge in [0.25, 0.3) is 5.91 Å². The van der Waals surface area contributed by atoms with Crippen LogP contribution in [-0.2, 0) is 11.2 Å². The fraction of sp³-hybridized carbons (Fsp3) is 0.0769. The predicted molar refractivity (Wildman–Crippen MR) is 127 cm³/mol. The van der Waals surface area contributed by atoms with Crippen molar-refractivity contribution in [1.82, 2.24) is 4.98 Å². The molecule has 3 aromatic carbocycles. The van der Waals surface area contributed by atoms with Gasteiger partial charge in [0.15, 0.2) is 0 Å². The summed E-state index contributed by atoms with van der Waals surface area (Å²) >= 11 is 1.45. The average Bonchev–Trinajstić information content (AvgIpc) is 3.40. The minimum Gasteiger partial charge on any atom is -0.664 e. The Labute approximate surface area is 213 Å². The molecule has 0 atom stereocenters. The van der Waals surface area contributed by atoms with E-state index < -0.39 is 0 Å². The van der Waals surface area contributed by atoms with E-state index in [2.05, 4.69) is 28.2 Å². The molecule has 152 valence electrons. The Morgan fingerprint density at radius 2 is 1.69 bits per heavy atom. The molecule has 6 heteroatoms. The third-order valence-corrected chi connectivity index (χ3v) is 6.20. The molecule has 0 saturated carbocycles. The molecule has 4 nitrogen and oxygen atoms in total. The van der Waals surface area contributed by atoms with Gasteiger partial charge in [-0.15, -0.1) is 5.52 Å². The van der Waals surface area contributed by atoms with Crippen molar-refractivity contribution < 1.29 is 39.1 Å². The van der Waals surface area contributed by atoms with Gasteiger partial charge in [0.2, 0.25) is 0 Å². The Hall–Kier alpha value is -2.57. The summed E-state index contributed by atoms with van der Waals surface area (Å²) in [6, 6.07) is 24.3. The van der Waals surface area contributed by atoms with E-state index in [0.717, 1.165) is 43.9 Å². The van der Waals surface area contributed by atoms with E-state index in [9.17, 15) is 4.79 Å². The summed E-state index contributed by atoms with van der Waals surface area (Å²) in [4.78, 5) is 21.6. The molecule has 1 aliphatic heterocycles. The molecule has 1 aromatic heterocycles. The first kappa shape index (κ1) is 22.6. The molecule has 5 rings (SSSR count). The van der Waals surface area contributed by atoms with Crippen LogP contribution in [0.3, 0.4) is 0 Å². The Morgan fingerprint density at radius 1 is 0.969 bits per heavy atom. The Kier molecular flexibility index (Phi) is 7.01. The minimum absolute atomic E-state index is 0. The molecule has 0 radical (unpaired) electrons. The number of aromatic nitrogens is 1. The van der Waals surface area contributed by atoms with Gasteiger partial charge in [-0.3, -0.25) is 4.79 Å². The summed E-state index contributed by atoms with van der Waals surface area (Å²) in [5, 5.41) is 1.94. The number of hydrogen-bond donors (Lipinski definition) is 0. The zero-order valence-corrected chi connectivity index (χ0v) is 20.7. The zero-order chi connectivity index (χ0) is 21.2. The summed E-state index contributed by atoms with van der Waals surface area (Å²) in [5.41, 5.74) is 5.33. The van der Waals surface area contributed by atoms with Crippen molar-refractivity contribution in [3.63, 3.8) is 0 Å². The first-order chi connectivity index (χ1) is 15.2. The second-order valence-electron chi connectivity index (χ2n) is 7.29. The number of rotatable bonds is 5. The van der Waals surface area contributed by atoms with Gasteiger partial charge in [0, 0.05) is 6.42 Å². The van der Waals surface area contributed by atoms with E-state index in [4.69, 9.17) is 4.74 Å². The first-order valence-electron chi connectivity index (χ1n) is 9.94. The summed E-state index contributed by atoms with van der Waals surface area (Å²) in [6.07, 6.45) is 4.36. The fourth-order valence-electron chi connectivity index (χ4n) is 3.57. The van der Waals surface area contributed by atoms with Gasteiger partial charge in [-0.1, -0.05) is 72.4 Å². The predicted octanol–water partition coefficient (Wildman–Crippen LogP) is 2.73. The first-order valence-corrected chi connectivity index (χ1v) is 10.8. The molecular formula is C26H19N2NaO2S. The number of benzene rings is 3. The number of thioether (sulfide) groups is 1. The van der Waals surface area contributed by atoms with Crippen molar-refractivity contribution in [1.29, 1.82) is 0 Å². The van der Waals surface area contributed by atoms with E-state index in [1.807, 2.05) is 60.7 Å². The van der Waals surface area contributed by atoms with Gasteiger partial charge in [-0.25, -0.2) is 4.99 Å². The second kappa shape index (κ2) is 9.92. The zero-order valence-electron chi connectivity index (χ0n) is 17.9. The van der Waals surface area contributed by atoms with Gasteiger partial charge in [-0.2, -0.15) is 6.20 Å². The number of nitrogens with zero attached hydrogens (tertiary/aromatic N) is 2. The second-order valence-corrected chi connectivity index (χ2v) is 8.40. The molecule has 0 saturated heterocycles. The number of amides is 1. The van der Waals surface area contributed by atoms with Crippen LogP contribution in [0.5, 0.6) is 5.75 Å². The monoisotopic (exact) mass is 446 g/mol. The van der Waals surface area contributed by atoms with Gasteiger partial charge in [0.05, 0.1) is 17.1 Å². The van der Waals surface area contributed by atoms with E-state index >= 15 is 0 Å². The van der Waals surface area contributed by atoms with E-state index in [-0.39, 0.29) is 35.5 Å². The quantitative estimate of drug-likeness (QED) is 0.350. The van der Waals surface area contributed by atoms with Gasteiger partial charge in [-0.05, 0) is 45.8 Å². The van der Waals surface area contributed by atoms with Crippen molar-refractivity contribution >= 4 is 39.7 Å². The van der Waals surface area contributed by atoms with Gasteiger partial charge >= 0.3 is 29.6 Å². The third-order valence-electron chi connectivity index (χ3n) is 5.21. The summed E-state index contributed by atoms with van der Waals surface area (Å²) in [7, 11) is 1.66. The molecule has 1 aliphatic rings. The maximum atomic E-state index is 12.4. The number of carbonyl (C=O) groups is 1. The summed E-state index contributed by atoms with van der Waals surface area (Å²) in [5.74, 6) is 0.666. The van der Waals surface area contributed by atoms with Crippen LogP contribution in [-0.4, -0.2) is 18.1 Å². The van der Waals surface area contributed by atoms with E-state index in [0.29, 0.717) is 11.3 Å². The average molecular weight is 447 g/mol. The number of fused-ring (bicyclic) bond motifs is 1. The van der Waals surface area contributed by atoms with Crippen LogP contribution in [0.25, 0.3) is 28.1 Å². The van der Waals surface area contributed by atoms with Crippen LogP contribution in [0, 0.1) is 0 Å². The molecule has 0 fully saturated rings. The largest absolute Gasteiger partial charge is 1.00 e. The Balaban J connectivity index is 0.00000245. The number of aliphatic imine (C=N–C) groups is 1. The number of hydrogen-bond acceptors (Lipinski definition) is 3. The van der Waals surface area contributed by atoms with Crippen LogP contribution in [0.15, 0.2) is 88.9 Å². The number of carbonyl (C=O) groups excluding carboxylic acids is 1. The molecule has 1 amide bonds. The molecule has 0 unspecified atom stereocenters. The molecule has 0 spiro atoms. The van der Waals surface area contributed by atoms with E-state index in [1.165, 1.54) is 11.8 Å². The maximum Gasteiger partial charge on any atom is 1.00 e. The van der Waals surface area contributed by atoms with Crippen molar-refractivity contribution in [2.45, 2.75) is 6.42 Å². The third kappa shape index (κ3) is 4.92. The molecule has 0 aliphatic carbocycles. The van der Waals surface area contributed by atoms with Crippen LogP contribution in [0.4, 0.5) is 0 Å². The SMILES string of the molecule is COc1ccc(-c2ccc(C=C3SC(Cc4ccc5[n-]ccc5c4)=NC3=O)cc2)cc1.[Na+]. The maximum absolute atomic E-state index is 12.4. The van der Waals surface area contributed by atoms with Crippen LogP contribution >= 0.6 is 11.8 Å². The molecule has 0 N–H and O–H groups in total. The standard InChI is InChI=1S/C26H19N2O2S.Na/c1-30-22-9-7-20(8-10-22)19-5-2-17(3-6-19)15-24-26(29)28-25(31-24)16-18-4-11-23-21(14-18)12-13-27-23;/h2-15H,16H2,1H3;/q-1;+1. The van der Waals surface area contributed by atoms with Crippen molar-refractivity contribution in [2.75, 3.05) is 7.11 Å². The summed E-state index contributed by atoms with van der Waals surface area (Å²) < 4.78 is 5.21. The van der Waals surface area contributed by atoms with Crippen LogP contribution in [0.2, 0.25) is 0 Å². The van der Waals surface area contributed by atoms with E-state index in [1.54, 1.807) is 13.3 Å². The van der Waals surface area contributed by atoms with Crippen molar-refractivity contribution in [2.24, 2.45) is 4.99 Å². The van der Waals surface area contributed by atoms with Crippen molar-refractivity contribution in [3.05, 3.63) is 95.0 Å². The molecular weight excluding hydrogens is 427 g/mol. The molecule has 2 heterocycles. The Morgan fingerprint density at radius 3 is 2.41 bits per heavy atom. The number of methoxy groups -OCH3 is 1. The molecule has 4 aromatic rings. The Bertz CT molecular complexity index is 1320. The van der Waals surface area contributed by atoms with Crippen LogP contribution in [0.1, 0.15) is 11.1 Å². The normalized spacial score (nSPS) is 14.5. The minimum atomic E-state index is -0.171. The molecule has 32 heavy (non-hydrogen) atoms. The fourth-order valence-corrected chi connectivity index (χ4v) is 4.52. The van der Waals surface area contributed by atoms with Gasteiger partial charge < -0.3 is 9.72 Å². The topological polar surface area (TPSA) is 52.8 Å². The van der Waals surface area contributed by atoms with Gasteiger partial charge in [0.1, 0.15) is 5.75 Å². The number of ether oxygens (including phenoxy) is 1. The van der Waals surface area contributed by atoms with Crippen LogP contribution < -0.4 is 39.3 Å². The summed E-state index contributed by atoms with van der Waals surface area (Å²) in [6.45, 7) is 0.